The molecule has 0 unspecified atom stereocenters. The fourth-order valence-electron chi connectivity index (χ4n) is 0. The van der Waals surface area contributed by atoms with Crippen molar-refractivity contribution in [2.45, 2.75) is 0 Å². The van der Waals surface area contributed by atoms with Gasteiger partial charge in [-0.3, -0.25) is 8.42 Å². The van der Waals surface area contributed by atoms with Crippen molar-refractivity contribution in [1.82, 2.24) is 5.32 Å². The maximum atomic E-state index is 8.52. The van der Waals surface area contributed by atoms with Crippen LogP contribution in [0.3, 0.4) is 0 Å². The topological polar surface area (TPSA) is 92.3 Å². The molecule has 0 amide bonds. The molecule has 0 rings (SSSR count). The Morgan fingerprint density at radius 3 is 1.10 bits per heavy atom. The monoisotopic (exact) mass is 187 g/mol. The quantitative estimate of drug-likeness (QED) is 0.231. The Hall–Kier alpha value is 1.83. The van der Waals surface area contributed by atoms with Gasteiger partial charge in [0.15, 0.2) is 0 Å². The first kappa shape index (κ1) is 22.6. The fourth-order valence-corrected chi connectivity index (χ4v) is 0. The molecule has 0 aromatic carbocycles. The fraction of sp³-hybridized carbons (Fsp3) is 1.00. The molecule has 0 spiro atoms. The van der Waals surface area contributed by atoms with E-state index in [9.17, 15) is 0 Å². The zero-order chi connectivity index (χ0) is 7.21. The van der Waals surface area contributed by atoms with Crippen LogP contribution in [0.2, 0.25) is 0 Å². The first-order valence-corrected chi connectivity index (χ1v) is 3.00. The third kappa shape index (κ3) is 229. The van der Waals surface area contributed by atoms with E-state index in [1.807, 2.05) is 14.1 Å². The molecule has 0 bridgehead atoms. The summed E-state index contributed by atoms with van der Waals surface area (Å²) in [7, 11) is -1.42. The van der Waals surface area contributed by atoms with Gasteiger partial charge in [-0.2, -0.15) is 0 Å². The van der Waals surface area contributed by atoms with E-state index in [0.717, 1.165) is 0 Å². The minimum absolute atomic E-state index is 0. The molecule has 0 atom stereocenters. The summed E-state index contributed by atoms with van der Waals surface area (Å²) in [6.07, 6.45) is 0. The third-order valence-corrected chi connectivity index (χ3v) is 0. The standard InChI is InChI=1S/C2H7N.2Na.H2O4S/c1-3-2;;;1-5(2,3)4/h3H,1-2H3;;;(H2,1,2,3,4)/q;2*+1;/p-2. The Labute approximate surface area is 105 Å². The smallest absolute Gasteiger partial charge is 0.759 e. The first-order valence-electron chi connectivity index (χ1n) is 1.67. The molecule has 5 nitrogen and oxygen atoms in total. The molecule has 0 fully saturated rings. The van der Waals surface area contributed by atoms with Crippen LogP contribution in [0.5, 0.6) is 0 Å². The largest absolute Gasteiger partial charge is 1.00 e. The minimum atomic E-state index is -5.17. The van der Waals surface area contributed by atoms with Gasteiger partial charge in [0.05, 0.1) is 0 Å². The summed E-state index contributed by atoms with van der Waals surface area (Å²) in [5, 5.41) is 2.75. The van der Waals surface area contributed by atoms with Crippen LogP contribution in [-0.2, 0) is 10.4 Å². The van der Waals surface area contributed by atoms with Crippen molar-refractivity contribution in [3.63, 3.8) is 0 Å². The van der Waals surface area contributed by atoms with E-state index in [-0.39, 0.29) is 59.1 Å². The summed E-state index contributed by atoms with van der Waals surface area (Å²) in [6, 6.07) is 0. The van der Waals surface area contributed by atoms with Gasteiger partial charge < -0.3 is 14.4 Å². The van der Waals surface area contributed by atoms with Gasteiger partial charge in [0.25, 0.3) is 0 Å². The van der Waals surface area contributed by atoms with Crippen molar-refractivity contribution in [2.75, 3.05) is 14.1 Å². The molecule has 0 aliphatic heterocycles. The number of nitrogens with one attached hydrogen (secondary N) is 1. The molecule has 0 radical (unpaired) electrons. The van der Waals surface area contributed by atoms with Crippen LogP contribution in [-0.4, -0.2) is 31.6 Å². The summed E-state index contributed by atoms with van der Waals surface area (Å²) < 4.78 is 34.1. The van der Waals surface area contributed by atoms with Gasteiger partial charge in [0.1, 0.15) is 0 Å². The molecule has 0 aromatic rings. The average molecular weight is 187 g/mol. The molecular formula is C2H7NNa2O4S. The summed E-state index contributed by atoms with van der Waals surface area (Å²) in [6.45, 7) is 0. The summed E-state index contributed by atoms with van der Waals surface area (Å²) in [5.41, 5.74) is 0. The maximum Gasteiger partial charge on any atom is 1.00 e. The molecule has 0 heterocycles. The van der Waals surface area contributed by atoms with Gasteiger partial charge in [-0.05, 0) is 14.1 Å². The Balaban J connectivity index is -0.0000000326. The molecule has 52 valence electrons. The Morgan fingerprint density at radius 1 is 1.10 bits per heavy atom. The SMILES string of the molecule is CNC.O=S(=O)([O-])[O-].[Na+].[Na+]. The predicted molar refractivity (Wildman–Crippen MR) is 25.5 cm³/mol. The van der Waals surface area contributed by atoms with Crippen LogP contribution < -0.4 is 64.4 Å². The van der Waals surface area contributed by atoms with Crippen molar-refractivity contribution in [3.05, 3.63) is 0 Å². The number of hydrogen-bond acceptors (Lipinski definition) is 5. The summed E-state index contributed by atoms with van der Waals surface area (Å²) in [4.78, 5) is 0. The Morgan fingerprint density at radius 2 is 1.10 bits per heavy atom. The van der Waals surface area contributed by atoms with Crippen LogP contribution in [0.4, 0.5) is 0 Å². The average Bonchev–Trinajstić information content (AvgIpc) is 1.27. The van der Waals surface area contributed by atoms with E-state index in [1.165, 1.54) is 0 Å². The third-order valence-electron chi connectivity index (χ3n) is 0. The van der Waals surface area contributed by atoms with Crippen molar-refractivity contribution in [1.29, 1.82) is 0 Å². The Kier molecular flexibility index (Phi) is 30.4. The van der Waals surface area contributed by atoms with E-state index < -0.39 is 10.4 Å². The number of hydrogen-bond donors (Lipinski definition) is 1. The summed E-state index contributed by atoms with van der Waals surface area (Å²) >= 11 is 0. The summed E-state index contributed by atoms with van der Waals surface area (Å²) in [5.74, 6) is 0. The van der Waals surface area contributed by atoms with Crippen molar-refractivity contribution in [3.8, 4) is 0 Å². The zero-order valence-corrected chi connectivity index (χ0v) is 11.4. The predicted octanol–water partition coefficient (Wildman–Crippen LogP) is -7.49. The molecule has 0 aliphatic carbocycles. The van der Waals surface area contributed by atoms with E-state index in [4.69, 9.17) is 17.5 Å². The minimum Gasteiger partial charge on any atom is -0.759 e. The van der Waals surface area contributed by atoms with Gasteiger partial charge in [-0.15, -0.1) is 0 Å². The van der Waals surface area contributed by atoms with E-state index >= 15 is 0 Å². The van der Waals surface area contributed by atoms with Crippen LogP contribution >= 0.6 is 0 Å². The van der Waals surface area contributed by atoms with Crippen LogP contribution in [0.25, 0.3) is 0 Å². The van der Waals surface area contributed by atoms with Gasteiger partial charge in [-0.25, -0.2) is 0 Å². The van der Waals surface area contributed by atoms with Crippen LogP contribution in [0.1, 0.15) is 0 Å². The Bertz CT molecular complexity index is 115. The van der Waals surface area contributed by atoms with E-state index in [0.29, 0.717) is 0 Å². The van der Waals surface area contributed by atoms with Crippen molar-refractivity contribution in [2.24, 2.45) is 0 Å². The van der Waals surface area contributed by atoms with Gasteiger partial charge in [0, 0.05) is 10.4 Å². The second-order valence-electron chi connectivity index (χ2n) is 0.908. The van der Waals surface area contributed by atoms with Gasteiger partial charge in [0.2, 0.25) is 0 Å². The van der Waals surface area contributed by atoms with Crippen LogP contribution in [0, 0.1) is 0 Å². The normalized spacial score (nSPS) is 7.60. The first-order chi connectivity index (χ1) is 3.41. The van der Waals surface area contributed by atoms with Crippen molar-refractivity contribution < 1.29 is 76.6 Å². The van der Waals surface area contributed by atoms with Gasteiger partial charge in [-0.1, -0.05) is 0 Å². The second kappa shape index (κ2) is 13.4. The van der Waals surface area contributed by atoms with E-state index in [1.54, 1.807) is 0 Å². The molecule has 0 aromatic heterocycles. The zero-order valence-electron chi connectivity index (χ0n) is 6.54. The molecule has 1 N–H and O–H groups in total. The van der Waals surface area contributed by atoms with Crippen molar-refractivity contribution >= 4 is 10.4 Å². The molecule has 0 saturated heterocycles. The molecule has 0 saturated carbocycles. The molecule has 8 heteroatoms. The molecule has 10 heavy (non-hydrogen) atoms. The second-order valence-corrected chi connectivity index (χ2v) is 1.72. The van der Waals surface area contributed by atoms with Gasteiger partial charge >= 0.3 is 59.1 Å². The van der Waals surface area contributed by atoms with E-state index in [2.05, 4.69) is 5.32 Å². The number of rotatable bonds is 0. The van der Waals surface area contributed by atoms with Crippen LogP contribution in [0.15, 0.2) is 0 Å². The molecular weight excluding hydrogens is 180 g/mol. The molecule has 0 aliphatic rings. The maximum absolute atomic E-state index is 8.52.